The highest BCUT2D eigenvalue weighted by atomic mass is 16.3. The maximum atomic E-state index is 12.1. The summed E-state index contributed by atoms with van der Waals surface area (Å²) in [5, 5.41) is 11.5. The third kappa shape index (κ3) is 7.28. The zero-order valence-electron chi connectivity index (χ0n) is 13.9. The van der Waals surface area contributed by atoms with Crippen molar-refractivity contribution in [3.63, 3.8) is 0 Å². The predicted molar refractivity (Wildman–Crippen MR) is 86.4 cm³/mol. The summed E-state index contributed by atoms with van der Waals surface area (Å²) in [7, 11) is 0. The number of nitrogens with two attached hydrogens (primary N) is 1. The highest BCUT2D eigenvalue weighted by molar-refractivity contribution is 5.77. The lowest BCUT2D eigenvalue weighted by Crippen LogP contribution is -2.42. The maximum absolute atomic E-state index is 12.1. The topological polar surface area (TPSA) is 66.6 Å². The van der Waals surface area contributed by atoms with E-state index in [0.717, 1.165) is 31.6 Å². The Kier molecular flexibility index (Phi) is 8.93. The molecule has 1 aliphatic rings. The quantitative estimate of drug-likeness (QED) is 0.390. The summed E-state index contributed by atoms with van der Waals surface area (Å²) >= 11 is 0. The molecule has 0 spiro atoms. The van der Waals surface area contributed by atoms with Gasteiger partial charge in [-0.05, 0) is 31.6 Å². The highest BCUT2D eigenvalue weighted by Gasteiger charge is 2.22. The molecule has 0 radical (unpaired) electrons. The second-order valence-electron chi connectivity index (χ2n) is 6.76. The van der Waals surface area contributed by atoms with E-state index < -0.39 is 0 Å². The van der Waals surface area contributed by atoms with Gasteiger partial charge in [-0.3, -0.25) is 9.80 Å². The Balaban J connectivity index is 2.22. The second kappa shape index (κ2) is 10.2. The van der Waals surface area contributed by atoms with E-state index in [0.29, 0.717) is 13.0 Å². The number of aliphatic hydroxyl groups is 1. The molecule has 2 atom stereocenters. The molecular formula is C17H34N2O2. The molecule has 0 bridgehead atoms. The predicted octanol–water partition coefficient (Wildman–Crippen LogP) is 3.24. The fourth-order valence-corrected chi connectivity index (χ4v) is 3.25. The van der Waals surface area contributed by atoms with Crippen molar-refractivity contribution >= 4 is 5.91 Å². The fourth-order valence-electron chi connectivity index (χ4n) is 3.25. The third-order valence-corrected chi connectivity index (χ3v) is 4.72. The summed E-state index contributed by atoms with van der Waals surface area (Å²) in [4.78, 5) is 12.1. The van der Waals surface area contributed by atoms with Crippen LogP contribution in [0.25, 0.3) is 0 Å². The molecule has 21 heavy (non-hydrogen) atoms. The molecule has 1 rings (SSSR count). The van der Waals surface area contributed by atoms with Crippen molar-refractivity contribution in [3.05, 3.63) is 0 Å². The van der Waals surface area contributed by atoms with Crippen molar-refractivity contribution < 1.29 is 9.90 Å². The van der Waals surface area contributed by atoms with Gasteiger partial charge in [0.05, 0.1) is 6.10 Å². The molecule has 4 heteroatoms. The summed E-state index contributed by atoms with van der Waals surface area (Å²) in [6.07, 6.45) is 10.7. The molecule has 0 aromatic rings. The highest BCUT2D eigenvalue weighted by Crippen LogP contribution is 2.28. The first-order valence-electron chi connectivity index (χ1n) is 8.78. The van der Waals surface area contributed by atoms with E-state index in [1.807, 2.05) is 6.92 Å². The van der Waals surface area contributed by atoms with Crippen LogP contribution in [-0.4, -0.2) is 28.7 Å². The lowest BCUT2D eigenvalue weighted by Gasteiger charge is -2.24. The van der Waals surface area contributed by atoms with Gasteiger partial charge in [-0.25, -0.2) is 5.84 Å². The van der Waals surface area contributed by atoms with Crippen molar-refractivity contribution in [1.29, 1.82) is 0 Å². The van der Waals surface area contributed by atoms with Crippen molar-refractivity contribution in [2.45, 2.75) is 84.2 Å². The van der Waals surface area contributed by atoms with Gasteiger partial charge in [-0.1, -0.05) is 52.4 Å². The van der Waals surface area contributed by atoms with E-state index in [2.05, 4.69) is 6.92 Å². The Morgan fingerprint density at radius 2 is 2.00 bits per heavy atom. The fraction of sp³-hybridized carbons (Fsp3) is 0.941. The van der Waals surface area contributed by atoms with Gasteiger partial charge >= 0.3 is 0 Å². The molecule has 1 saturated carbocycles. The molecule has 0 aromatic carbocycles. The summed E-state index contributed by atoms with van der Waals surface area (Å²) < 4.78 is 0. The van der Waals surface area contributed by atoms with Crippen LogP contribution in [0, 0.1) is 11.8 Å². The van der Waals surface area contributed by atoms with Gasteiger partial charge in [0, 0.05) is 12.5 Å². The number of nitrogens with zero attached hydrogens (tertiary/aromatic N) is 1. The van der Waals surface area contributed by atoms with Crippen molar-refractivity contribution in [2.24, 2.45) is 17.7 Å². The first kappa shape index (κ1) is 18.4. The SMILES string of the molecule is CCCCN(N)C(=O)[C@H](C)C[C@@H](O)CCC1CCCCC1. The minimum Gasteiger partial charge on any atom is -0.393 e. The number of carbonyl (C=O) groups is 1. The molecule has 0 saturated heterocycles. The van der Waals surface area contributed by atoms with Crippen LogP contribution in [0.1, 0.15) is 78.1 Å². The smallest absolute Gasteiger partial charge is 0.239 e. The van der Waals surface area contributed by atoms with Gasteiger partial charge in [0.25, 0.3) is 0 Å². The molecule has 1 fully saturated rings. The third-order valence-electron chi connectivity index (χ3n) is 4.72. The number of aliphatic hydroxyl groups excluding tert-OH is 1. The van der Waals surface area contributed by atoms with E-state index in [9.17, 15) is 9.90 Å². The first-order valence-corrected chi connectivity index (χ1v) is 8.78. The molecular weight excluding hydrogens is 264 g/mol. The van der Waals surface area contributed by atoms with Crippen LogP contribution in [0.5, 0.6) is 0 Å². The average molecular weight is 298 g/mol. The zero-order valence-corrected chi connectivity index (χ0v) is 13.9. The van der Waals surface area contributed by atoms with Crippen LogP contribution < -0.4 is 5.84 Å². The van der Waals surface area contributed by atoms with Crippen LogP contribution in [0.3, 0.4) is 0 Å². The number of unbranched alkanes of at least 4 members (excludes halogenated alkanes) is 1. The Labute approximate surface area is 130 Å². The van der Waals surface area contributed by atoms with Crippen molar-refractivity contribution in [3.8, 4) is 0 Å². The molecule has 0 heterocycles. The summed E-state index contributed by atoms with van der Waals surface area (Å²) in [6.45, 7) is 4.56. The standard InChI is InChI=1S/C17H34N2O2/c1-3-4-12-19(18)17(21)14(2)13-16(20)11-10-15-8-6-5-7-9-15/h14-16,20H,3-13,18H2,1-2H3/t14-,16+/m1/s1. The number of rotatable bonds is 9. The Morgan fingerprint density at radius 3 is 2.62 bits per heavy atom. The lowest BCUT2D eigenvalue weighted by molar-refractivity contribution is -0.136. The van der Waals surface area contributed by atoms with E-state index >= 15 is 0 Å². The summed E-state index contributed by atoms with van der Waals surface area (Å²) in [5.41, 5.74) is 0. The van der Waals surface area contributed by atoms with E-state index in [-0.39, 0.29) is 17.9 Å². The minimum atomic E-state index is -0.370. The molecule has 0 unspecified atom stereocenters. The van der Waals surface area contributed by atoms with Crippen LogP contribution in [-0.2, 0) is 4.79 Å². The number of amides is 1. The van der Waals surface area contributed by atoms with E-state index in [4.69, 9.17) is 5.84 Å². The van der Waals surface area contributed by atoms with E-state index in [1.54, 1.807) is 0 Å². The Morgan fingerprint density at radius 1 is 1.33 bits per heavy atom. The van der Waals surface area contributed by atoms with Gasteiger partial charge in [-0.2, -0.15) is 0 Å². The van der Waals surface area contributed by atoms with Gasteiger partial charge in [0.2, 0.25) is 5.91 Å². The normalized spacial score (nSPS) is 19.2. The average Bonchev–Trinajstić information content (AvgIpc) is 2.50. The van der Waals surface area contributed by atoms with Gasteiger partial charge < -0.3 is 5.11 Å². The minimum absolute atomic E-state index is 0.0415. The maximum Gasteiger partial charge on any atom is 0.239 e. The molecule has 1 aliphatic carbocycles. The zero-order chi connectivity index (χ0) is 15.7. The molecule has 4 nitrogen and oxygen atoms in total. The Bertz CT molecular complexity index is 291. The lowest BCUT2D eigenvalue weighted by atomic mass is 9.85. The van der Waals surface area contributed by atoms with Crippen LogP contribution in [0.2, 0.25) is 0 Å². The largest absolute Gasteiger partial charge is 0.393 e. The van der Waals surface area contributed by atoms with Gasteiger partial charge in [-0.15, -0.1) is 0 Å². The molecule has 3 N–H and O–H groups in total. The second-order valence-corrected chi connectivity index (χ2v) is 6.76. The van der Waals surface area contributed by atoms with Crippen LogP contribution in [0.15, 0.2) is 0 Å². The summed E-state index contributed by atoms with van der Waals surface area (Å²) in [6, 6.07) is 0. The van der Waals surface area contributed by atoms with Crippen molar-refractivity contribution in [1.82, 2.24) is 5.01 Å². The number of hydrazine groups is 1. The number of carbonyl (C=O) groups excluding carboxylic acids is 1. The molecule has 0 aromatic heterocycles. The molecule has 0 aliphatic heterocycles. The summed E-state index contributed by atoms with van der Waals surface area (Å²) in [5.74, 6) is 6.33. The number of hydrogen-bond donors (Lipinski definition) is 2. The molecule has 1 amide bonds. The van der Waals surface area contributed by atoms with Crippen LogP contribution in [0.4, 0.5) is 0 Å². The van der Waals surface area contributed by atoms with Gasteiger partial charge in [0.1, 0.15) is 0 Å². The van der Waals surface area contributed by atoms with E-state index in [1.165, 1.54) is 37.1 Å². The monoisotopic (exact) mass is 298 g/mol. The Hall–Kier alpha value is -0.610. The van der Waals surface area contributed by atoms with Crippen molar-refractivity contribution in [2.75, 3.05) is 6.54 Å². The first-order chi connectivity index (χ1) is 10.0. The number of hydrogen-bond acceptors (Lipinski definition) is 3. The molecule has 124 valence electrons. The van der Waals surface area contributed by atoms with Gasteiger partial charge in [0.15, 0.2) is 0 Å². The van der Waals surface area contributed by atoms with Crippen LogP contribution >= 0.6 is 0 Å².